The van der Waals surface area contributed by atoms with Gasteiger partial charge in [-0.15, -0.1) is 0 Å². The monoisotopic (exact) mass is 422 g/mol. The number of alkyl halides is 3. The largest absolute Gasteiger partial charge is 0.492 e. The first kappa shape index (κ1) is 21.9. The average molecular weight is 422 g/mol. The Morgan fingerprint density at radius 3 is 2.57 bits per heavy atom. The van der Waals surface area contributed by atoms with Crippen molar-refractivity contribution in [2.24, 2.45) is 0 Å². The minimum Gasteiger partial charge on any atom is -0.492 e. The third kappa shape index (κ3) is 6.35. The number of benzene rings is 1. The summed E-state index contributed by atoms with van der Waals surface area (Å²) >= 11 is 0. The van der Waals surface area contributed by atoms with Crippen molar-refractivity contribution in [1.29, 1.82) is 0 Å². The van der Waals surface area contributed by atoms with Crippen molar-refractivity contribution in [3.8, 4) is 5.75 Å². The number of carbonyl (C=O) groups excluding carboxylic acids is 1. The number of rotatable bonds is 7. The Morgan fingerprint density at radius 1 is 1.17 bits per heavy atom. The Balaban J connectivity index is 1.35. The van der Waals surface area contributed by atoms with Gasteiger partial charge in [0.2, 0.25) is 5.91 Å². The van der Waals surface area contributed by atoms with Gasteiger partial charge in [0.1, 0.15) is 18.2 Å². The number of ether oxygens (including phenoxy) is 1. The molecule has 6 nitrogen and oxygen atoms in total. The SMILES string of the molecule is Cc1cccc(OCCNC(=O)CN2CCN(c3ccc(C(F)(F)F)cn3)CC2)c1. The Bertz CT molecular complexity index is 835. The molecule has 1 aromatic carbocycles. The van der Waals surface area contributed by atoms with Crippen LogP contribution in [-0.2, 0) is 11.0 Å². The van der Waals surface area contributed by atoms with E-state index in [1.807, 2.05) is 41.0 Å². The van der Waals surface area contributed by atoms with Gasteiger partial charge in [-0.25, -0.2) is 4.98 Å². The summed E-state index contributed by atoms with van der Waals surface area (Å²) in [5.41, 5.74) is 0.357. The Labute approximate surface area is 173 Å². The van der Waals surface area contributed by atoms with Gasteiger partial charge in [-0.2, -0.15) is 13.2 Å². The second-order valence-corrected chi connectivity index (χ2v) is 7.18. The molecule has 162 valence electrons. The van der Waals surface area contributed by atoms with Crippen LogP contribution >= 0.6 is 0 Å². The van der Waals surface area contributed by atoms with Crippen LogP contribution in [0.5, 0.6) is 5.75 Å². The molecule has 3 rings (SSSR count). The minimum atomic E-state index is -4.39. The summed E-state index contributed by atoms with van der Waals surface area (Å²) in [5.74, 6) is 1.21. The summed E-state index contributed by atoms with van der Waals surface area (Å²) in [6.07, 6.45) is -3.53. The van der Waals surface area contributed by atoms with E-state index in [4.69, 9.17) is 4.74 Å². The normalized spacial score (nSPS) is 15.1. The Kier molecular flexibility index (Phi) is 7.15. The van der Waals surface area contributed by atoms with E-state index in [1.165, 1.54) is 6.07 Å². The molecule has 0 atom stereocenters. The molecule has 1 saturated heterocycles. The molecule has 0 aliphatic carbocycles. The van der Waals surface area contributed by atoms with Gasteiger partial charge < -0.3 is 15.0 Å². The number of nitrogens with zero attached hydrogens (tertiary/aromatic N) is 3. The predicted octanol–water partition coefficient (Wildman–Crippen LogP) is 2.73. The fourth-order valence-corrected chi connectivity index (χ4v) is 3.20. The second-order valence-electron chi connectivity index (χ2n) is 7.18. The van der Waals surface area contributed by atoms with E-state index in [0.717, 1.165) is 23.6 Å². The number of carbonyl (C=O) groups is 1. The molecule has 2 aromatic rings. The van der Waals surface area contributed by atoms with Crippen LogP contribution in [-0.4, -0.2) is 61.7 Å². The lowest BCUT2D eigenvalue weighted by Gasteiger charge is -2.35. The molecule has 0 unspecified atom stereocenters. The maximum atomic E-state index is 12.6. The lowest BCUT2D eigenvalue weighted by atomic mass is 10.2. The Morgan fingerprint density at radius 2 is 1.93 bits per heavy atom. The molecule has 9 heteroatoms. The average Bonchev–Trinajstić information content (AvgIpc) is 2.71. The number of pyridine rings is 1. The molecular formula is C21H25F3N4O2. The standard InChI is InChI=1S/C21H25F3N4O2/c1-16-3-2-4-18(13-16)30-12-7-25-20(29)15-27-8-10-28(11-9-27)19-6-5-17(14-26-19)21(22,23)24/h2-6,13-14H,7-12,15H2,1H3,(H,25,29). The highest BCUT2D eigenvalue weighted by atomic mass is 19.4. The van der Waals surface area contributed by atoms with Gasteiger partial charge in [0.15, 0.2) is 0 Å². The minimum absolute atomic E-state index is 0.0797. The van der Waals surface area contributed by atoms with Crippen molar-refractivity contribution >= 4 is 11.7 Å². The molecule has 1 aliphatic heterocycles. The number of anilines is 1. The molecule has 1 amide bonds. The summed E-state index contributed by atoms with van der Waals surface area (Å²) in [5, 5.41) is 2.84. The van der Waals surface area contributed by atoms with Crippen LogP contribution < -0.4 is 15.0 Å². The third-order valence-electron chi connectivity index (χ3n) is 4.82. The summed E-state index contributed by atoms with van der Waals surface area (Å²) < 4.78 is 43.5. The molecule has 1 fully saturated rings. The van der Waals surface area contributed by atoms with E-state index in [2.05, 4.69) is 10.3 Å². The zero-order valence-electron chi connectivity index (χ0n) is 16.8. The van der Waals surface area contributed by atoms with Gasteiger partial charge in [0.05, 0.1) is 18.7 Å². The second kappa shape index (κ2) is 9.80. The smallest absolute Gasteiger partial charge is 0.417 e. The van der Waals surface area contributed by atoms with E-state index in [-0.39, 0.29) is 12.5 Å². The lowest BCUT2D eigenvalue weighted by molar-refractivity contribution is -0.137. The van der Waals surface area contributed by atoms with E-state index in [0.29, 0.717) is 45.1 Å². The van der Waals surface area contributed by atoms with Crippen LogP contribution in [0.15, 0.2) is 42.6 Å². The number of aryl methyl sites for hydroxylation is 1. The van der Waals surface area contributed by atoms with Crippen molar-refractivity contribution in [2.75, 3.05) is 50.8 Å². The molecule has 0 saturated carbocycles. The van der Waals surface area contributed by atoms with Gasteiger partial charge in [-0.1, -0.05) is 12.1 Å². The number of piperazine rings is 1. The van der Waals surface area contributed by atoms with E-state index in [1.54, 1.807) is 0 Å². The predicted molar refractivity (Wildman–Crippen MR) is 108 cm³/mol. The van der Waals surface area contributed by atoms with Gasteiger partial charge >= 0.3 is 6.18 Å². The first-order chi connectivity index (χ1) is 14.3. The maximum Gasteiger partial charge on any atom is 0.417 e. The van der Waals surface area contributed by atoms with Crippen LogP contribution in [0.25, 0.3) is 0 Å². The maximum absolute atomic E-state index is 12.6. The zero-order valence-corrected chi connectivity index (χ0v) is 16.8. The van der Waals surface area contributed by atoms with E-state index >= 15 is 0 Å². The summed E-state index contributed by atoms with van der Waals surface area (Å²) in [6.45, 7) is 5.54. The number of amides is 1. The zero-order chi connectivity index (χ0) is 21.6. The molecule has 1 aliphatic rings. The van der Waals surface area contributed by atoms with Crippen molar-refractivity contribution in [1.82, 2.24) is 15.2 Å². The lowest BCUT2D eigenvalue weighted by Crippen LogP contribution is -2.50. The van der Waals surface area contributed by atoms with E-state index < -0.39 is 11.7 Å². The van der Waals surface area contributed by atoms with Crippen LogP contribution in [0.4, 0.5) is 19.0 Å². The number of hydrogen-bond donors (Lipinski definition) is 1. The fraction of sp³-hybridized carbons (Fsp3) is 0.429. The van der Waals surface area contributed by atoms with Crippen LogP contribution in [0.1, 0.15) is 11.1 Å². The molecule has 0 spiro atoms. The highest BCUT2D eigenvalue weighted by molar-refractivity contribution is 5.78. The van der Waals surface area contributed by atoms with Gasteiger partial charge in [-0.05, 0) is 36.8 Å². The molecular weight excluding hydrogens is 397 g/mol. The fourth-order valence-electron chi connectivity index (χ4n) is 3.20. The highest BCUT2D eigenvalue weighted by Crippen LogP contribution is 2.29. The van der Waals surface area contributed by atoms with Gasteiger partial charge in [0, 0.05) is 32.4 Å². The molecule has 1 aromatic heterocycles. The first-order valence-electron chi connectivity index (χ1n) is 9.78. The number of hydrogen-bond acceptors (Lipinski definition) is 5. The van der Waals surface area contributed by atoms with E-state index in [9.17, 15) is 18.0 Å². The first-order valence-corrected chi connectivity index (χ1v) is 9.78. The summed E-state index contributed by atoms with van der Waals surface area (Å²) in [4.78, 5) is 20.0. The van der Waals surface area contributed by atoms with Crippen LogP contribution in [0.3, 0.4) is 0 Å². The molecule has 30 heavy (non-hydrogen) atoms. The summed E-state index contributed by atoms with van der Waals surface area (Å²) in [6, 6.07) is 10.2. The Hall–Kier alpha value is -2.81. The van der Waals surface area contributed by atoms with Crippen molar-refractivity contribution in [2.45, 2.75) is 13.1 Å². The van der Waals surface area contributed by atoms with Gasteiger partial charge in [-0.3, -0.25) is 9.69 Å². The molecule has 2 heterocycles. The van der Waals surface area contributed by atoms with Crippen molar-refractivity contribution in [3.05, 3.63) is 53.7 Å². The molecule has 1 N–H and O–H groups in total. The number of aromatic nitrogens is 1. The van der Waals surface area contributed by atoms with Crippen molar-refractivity contribution < 1.29 is 22.7 Å². The third-order valence-corrected chi connectivity index (χ3v) is 4.82. The quantitative estimate of drug-likeness (QED) is 0.696. The highest BCUT2D eigenvalue weighted by Gasteiger charge is 2.31. The number of halogens is 3. The van der Waals surface area contributed by atoms with Crippen LogP contribution in [0, 0.1) is 6.92 Å². The van der Waals surface area contributed by atoms with Crippen molar-refractivity contribution in [3.63, 3.8) is 0 Å². The van der Waals surface area contributed by atoms with Crippen LogP contribution in [0.2, 0.25) is 0 Å². The van der Waals surface area contributed by atoms with Gasteiger partial charge in [0.25, 0.3) is 0 Å². The number of nitrogens with one attached hydrogen (secondary N) is 1. The molecule has 0 radical (unpaired) electrons. The molecule has 0 bridgehead atoms. The topological polar surface area (TPSA) is 57.7 Å². The summed E-state index contributed by atoms with van der Waals surface area (Å²) in [7, 11) is 0.